The molecule has 21 heavy (non-hydrogen) atoms. The van der Waals surface area contributed by atoms with Gasteiger partial charge in [0.15, 0.2) is 12.4 Å². The predicted octanol–water partition coefficient (Wildman–Crippen LogP) is 0.146. The number of nitrogens with two attached hydrogens (primary N) is 1. The van der Waals surface area contributed by atoms with Crippen LogP contribution in [0.25, 0.3) is 0 Å². The number of alkyl halides is 1. The maximum absolute atomic E-state index is 14.5. The van der Waals surface area contributed by atoms with Crippen molar-refractivity contribution in [2.75, 3.05) is 5.73 Å². The third-order valence-electron chi connectivity index (χ3n) is 3.04. The number of aliphatic hydroxyl groups excluding tert-OH is 1. The summed E-state index contributed by atoms with van der Waals surface area (Å²) in [6, 6.07) is 1.31. The molecule has 1 aliphatic rings. The number of thiol groups is 1. The molecule has 1 fully saturated rings. The van der Waals surface area contributed by atoms with E-state index in [0.717, 1.165) is 4.57 Å². The molecule has 0 radical (unpaired) electrons. The Kier molecular flexibility index (Phi) is 5.05. The van der Waals surface area contributed by atoms with Gasteiger partial charge in [-0.1, -0.05) is 12.2 Å². The van der Waals surface area contributed by atoms with Gasteiger partial charge in [-0.15, -0.1) is 0 Å². The molecule has 1 aromatic heterocycles. The first kappa shape index (κ1) is 16.4. The number of ether oxygens (including phenoxy) is 1. The molecular formula is C10H15FN3O5PS. The summed E-state index contributed by atoms with van der Waals surface area (Å²) in [5.41, 5.74) is 4.56. The normalized spacial score (nSPS) is 32.0. The second-order valence-electron chi connectivity index (χ2n) is 4.57. The van der Waals surface area contributed by atoms with E-state index in [1.54, 1.807) is 0 Å². The summed E-state index contributed by atoms with van der Waals surface area (Å²) in [5, 5.41) is 9.62. The number of aromatic nitrogens is 2. The van der Waals surface area contributed by atoms with Crippen molar-refractivity contribution in [3.8, 4) is 0 Å². The number of anilines is 1. The van der Waals surface area contributed by atoms with Gasteiger partial charge in [0.2, 0.25) is 7.23 Å². The van der Waals surface area contributed by atoms with E-state index >= 15 is 0 Å². The smallest absolute Gasteiger partial charge is 0.351 e. The van der Waals surface area contributed by atoms with Crippen LogP contribution in [0.4, 0.5) is 10.2 Å². The van der Waals surface area contributed by atoms with Crippen LogP contribution in [0.2, 0.25) is 0 Å². The number of aliphatic hydroxyl groups is 1. The zero-order chi connectivity index (χ0) is 15.7. The molecule has 11 heteroatoms. The van der Waals surface area contributed by atoms with E-state index < -0.39 is 43.6 Å². The van der Waals surface area contributed by atoms with E-state index in [4.69, 9.17) is 15.0 Å². The highest BCUT2D eigenvalue weighted by atomic mass is 32.7. The Morgan fingerprint density at radius 1 is 1.71 bits per heavy atom. The monoisotopic (exact) mass is 339 g/mol. The van der Waals surface area contributed by atoms with Gasteiger partial charge in [0.1, 0.15) is 18.0 Å². The molecule has 1 aromatic rings. The molecule has 0 spiro atoms. The van der Waals surface area contributed by atoms with Crippen molar-refractivity contribution in [3.63, 3.8) is 0 Å². The quantitative estimate of drug-likeness (QED) is 0.528. The van der Waals surface area contributed by atoms with Crippen molar-refractivity contribution in [1.29, 1.82) is 0 Å². The molecule has 2 rings (SSSR count). The summed E-state index contributed by atoms with van der Waals surface area (Å²) in [6.07, 6.45) is -5.43. The molecule has 0 aromatic carbocycles. The number of hydrogen-bond acceptors (Lipinski definition) is 7. The minimum atomic E-state index is -2.75. The van der Waals surface area contributed by atoms with Crippen molar-refractivity contribution in [2.45, 2.75) is 37.6 Å². The first-order valence-corrected chi connectivity index (χ1v) is 8.63. The Labute approximate surface area is 125 Å². The standard InChI is InChI=1S/C10H15FN3O5PS/c1-4(15)7-8(19-20(17)21)6(11)9(18-7)14-3-2-5(12)13-10(14)16/h2-4,6-9,15,20H,1H3,(H,17,21)(H2,12,13,16)/t4-,6?,7-,8?,9-/m1/s1. The number of halogens is 1. The molecule has 1 saturated heterocycles. The summed E-state index contributed by atoms with van der Waals surface area (Å²) >= 11 is 3.60. The van der Waals surface area contributed by atoms with Crippen LogP contribution in [-0.2, 0) is 13.8 Å². The van der Waals surface area contributed by atoms with Gasteiger partial charge >= 0.3 is 5.69 Å². The molecule has 0 aliphatic carbocycles. The zero-order valence-electron chi connectivity index (χ0n) is 10.9. The van der Waals surface area contributed by atoms with Crippen molar-refractivity contribution >= 4 is 25.3 Å². The van der Waals surface area contributed by atoms with E-state index in [1.165, 1.54) is 19.2 Å². The largest absolute Gasteiger partial charge is 0.391 e. The molecule has 3 unspecified atom stereocenters. The van der Waals surface area contributed by atoms with E-state index in [0.29, 0.717) is 0 Å². The van der Waals surface area contributed by atoms with E-state index in [-0.39, 0.29) is 5.82 Å². The van der Waals surface area contributed by atoms with Gasteiger partial charge in [0, 0.05) is 6.20 Å². The van der Waals surface area contributed by atoms with Crippen LogP contribution in [0, 0.1) is 0 Å². The van der Waals surface area contributed by atoms with E-state index in [2.05, 4.69) is 17.2 Å². The van der Waals surface area contributed by atoms with Crippen LogP contribution in [0.5, 0.6) is 0 Å². The Hall–Kier alpha value is -0.930. The van der Waals surface area contributed by atoms with Crippen LogP contribution in [0.15, 0.2) is 17.1 Å². The van der Waals surface area contributed by atoms with Gasteiger partial charge in [-0.2, -0.15) is 4.98 Å². The molecule has 6 atom stereocenters. The Balaban J connectivity index is 2.33. The molecule has 2 heterocycles. The minimum Gasteiger partial charge on any atom is -0.391 e. The van der Waals surface area contributed by atoms with Crippen LogP contribution in [0.1, 0.15) is 13.2 Å². The highest BCUT2D eigenvalue weighted by molar-refractivity contribution is 8.39. The summed E-state index contributed by atoms with van der Waals surface area (Å²) < 4.78 is 36.7. The molecule has 0 saturated carbocycles. The number of rotatable bonds is 4. The van der Waals surface area contributed by atoms with E-state index in [1.807, 2.05) is 0 Å². The maximum Gasteiger partial charge on any atom is 0.351 e. The van der Waals surface area contributed by atoms with Crippen molar-refractivity contribution < 1.29 is 23.3 Å². The Morgan fingerprint density at radius 2 is 2.38 bits per heavy atom. The fourth-order valence-electron chi connectivity index (χ4n) is 2.13. The third kappa shape index (κ3) is 3.46. The molecule has 0 bridgehead atoms. The van der Waals surface area contributed by atoms with Crippen molar-refractivity contribution in [2.24, 2.45) is 0 Å². The van der Waals surface area contributed by atoms with Crippen LogP contribution < -0.4 is 11.4 Å². The topological polar surface area (TPSA) is 117 Å². The van der Waals surface area contributed by atoms with Gasteiger partial charge in [0.05, 0.1) is 6.10 Å². The van der Waals surface area contributed by atoms with Crippen molar-refractivity contribution in [1.82, 2.24) is 9.55 Å². The number of nitrogen functional groups attached to an aromatic ring is 1. The Morgan fingerprint density at radius 3 is 2.90 bits per heavy atom. The SMILES string of the molecule is C[C@@H](O)[C@H]1O[C@@H](n2ccc(N)nc2=O)C(F)C1O[PH](=O)S. The molecule has 1 aliphatic heterocycles. The summed E-state index contributed by atoms with van der Waals surface area (Å²) in [5.74, 6) is -0.00931. The van der Waals surface area contributed by atoms with Crippen LogP contribution in [-0.4, -0.2) is 39.1 Å². The predicted molar refractivity (Wildman–Crippen MR) is 76.3 cm³/mol. The van der Waals surface area contributed by atoms with Gasteiger partial charge < -0.3 is 20.1 Å². The first-order valence-electron chi connectivity index (χ1n) is 6.03. The second kappa shape index (κ2) is 6.45. The summed E-state index contributed by atoms with van der Waals surface area (Å²) in [6.45, 7) is 1.37. The van der Waals surface area contributed by atoms with Gasteiger partial charge in [-0.3, -0.25) is 9.13 Å². The maximum atomic E-state index is 14.5. The van der Waals surface area contributed by atoms with Crippen LogP contribution in [0.3, 0.4) is 0 Å². The lowest BCUT2D eigenvalue weighted by atomic mass is 10.1. The van der Waals surface area contributed by atoms with Gasteiger partial charge in [-0.05, 0) is 13.0 Å². The average molecular weight is 339 g/mol. The summed E-state index contributed by atoms with van der Waals surface area (Å²) in [4.78, 5) is 15.2. The number of hydrogen-bond donors (Lipinski definition) is 3. The third-order valence-corrected chi connectivity index (χ3v) is 3.83. The Bertz CT molecular complexity index is 600. The number of nitrogens with zero attached hydrogens (tertiary/aromatic N) is 2. The lowest BCUT2D eigenvalue weighted by molar-refractivity contribution is -0.0747. The lowest BCUT2D eigenvalue weighted by Gasteiger charge is -2.20. The molecule has 3 N–H and O–H groups in total. The van der Waals surface area contributed by atoms with Crippen LogP contribution >= 0.6 is 19.5 Å². The average Bonchev–Trinajstić information content (AvgIpc) is 2.67. The zero-order valence-corrected chi connectivity index (χ0v) is 12.8. The van der Waals surface area contributed by atoms with Crippen molar-refractivity contribution in [3.05, 3.63) is 22.7 Å². The minimum absolute atomic E-state index is 0.00931. The first-order chi connectivity index (χ1) is 9.81. The molecule has 0 amide bonds. The highest BCUT2D eigenvalue weighted by Crippen LogP contribution is 2.41. The highest BCUT2D eigenvalue weighted by Gasteiger charge is 2.49. The van der Waals surface area contributed by atoms with Gasteiger partial charge in [0.25, 0.3) is 0 Å². The second-order valence-corrected chi connectivity index (χ2v) is 6.43. The van der Waals surface area contributed by atoms with Gasteiger partial charge in [-0.25, -0.2) is 9.18 Å². The fourth-order valence-corrected chi connectivity index (χ4v) is 2.99. The summed E-state index contributed by atoms with van der Waals surface area (Å²) in [7, 11) is -2.75. The molecular weight excluding hydrogens is 324 g/mol. The van der Waals surface area contributed by atoms with E-state index in [9.17, 15) is 18.9 Å². The molecule has 118 valence electrons. The molecule has 8 nitrogen and oxygen atoms in total. The fraction of sp³-hybridized carbons (Fsp3) is 0.600. The lowest BCUT2D eigenvalue weighted by Crippen LogP contribution is -2.37.